The summed E-state index contributed by atoms with van der Waals surface area (Å²) in [6, 6.07) is 12.6. The highest BCUT2D eigenvalue weighted by atomic mass is 79.9. The minimum Gasteiger partial charge on any atom is -0.496 e. The van der Waals surface area contributed by atoms with E-state index in [4.69, 9.17) is 4.74 Å². The molecule has 0 aliphatic rings. The molecule has 0 saturated carbocycles. The normalized spacial score (nSPS) is 12.2. The highest BCUT2D eigenvalue weighted by molar-refractivity contribution is 9.10. The molecule has 4 heteroatoms. The maximum absolute atomic E-state index is 5.54. The van der Waals surface area contributed by atoms with E-state index in [2.05, 4.69) is 68.4 Å². The fraction of sp³-hybridized carbons (Fsp3) is 0.250. The van der Waals surface area contributed by atoms with Gasteiger partial charge in [0.1, 0.15) is 5.75 Å². The fourth-order valence-electron chi connectivity index (χ4n) is 2.26. The van der Waals surface area contributed by atoms with Gasteiger partial charge in [0.2, 0.25) is 0 Å². The van der Waals surface area contributed by atoms with Crippen molar-refractivity contribution in [2.45, 2.75) is 13.0 Å². The third-order valence-corrected chi connectivity index (χ3v) is 4.64. The Bertz CT molecular complexity index is 613. The molecule has 106 valence electrons. The van der Waals surface area contributed by atoms with Gasteiger partial charge in [-0.25, -0.2) is 0 Å². The van der Waals surface area contributed by atoms with Crippen molar-refractivity contribution in [3.63, 3.8) is 0 Å². The summed E-state index contributed by atoms with van der Waals surface area (Å²) in [4.78, 5) is 0. The van der Waals surface area contributed by atoms with E-state index in [1.165, 1.54) is 5.56 Å². The number of hydrogen-bond acceptors (Lipinski definition) is 2. The average molecular weight is 399 g/mol. The van der Waals surface area contributed by atoms with Gasteiger partial charge in [0, 0.05) is 14.5 Å². The molecule has 0 fully saturated rings. The molecule has 20 heavy (non-hydrogen) atoms. The zero-order chi connectivity index (χ0) is 14.7. The van der Waals surface area contributed by atoms with Crippen LogP contribution >= 0.6 is 31.9 Å². The van der Waals surface area contributed by atoms with Crippen molar-refractivity contribution in [3.05, 3.63) is 62.0 Å². The number of benzene rings is 2. The molecule has 0 radical (unpaired) electrons. The standard InChI is InChI=1S/C16H17Br2NO/c1-10-7-15(20-3)13(9-14(10)18)16(19-2)11-5-4-6-12(17)8-11/h4-9,16,19H,1-3H3. The topological polar surface area (TPSA) is 21.3 Å². The molecule has 2 rings (SSSR count). The van der Waals surface area contributed by atoms with Crippen LogP contribution in [0, 0.1) is 6.92 Å². The number of hydrogen-bond donors (Lipinski definition) is 1. The second-order valence-electron chi connectivity index (χ2n) is 4.62. The number of halogens is 2. The first kappa shape index (κ1) is 15.5. The third-order valence-electron chi connectivity index (χ3n) is 3.29. The molecular formula is C16H17Br2NO. The molecular weight excluding hydrogens is 382 g/mol. The number of methoxy groups -OCH3 is 1. The molecule has 0 spiro atoms. The lowest BCUT2D eigenvalue weighted by Gasteiger charge is -2.21. The maximum Gasteiger partial charge on any atom is 0.124 e. The summed E-state index contributed by atoms with van der Waals surface area (Å²) >= 11 is 7.13. The Morgan fingerprint density at radius 2 is 1.90 bits per heavy atom. The largest absolute Gasteiger partial charge is 0.496 e. The van der Waals surface area contributed by atoms with Crippen molar-refractivity contribution in [2.24, 2.45) is 0 Å². The molecule has 0 saturated heterocycles. The summed E-state index contributed by atoms with van der Waals surface area (Å²) in [5.41, 5.74) is 3.47. The van der Waals surface area contributed by atoms with Crippen LogP contribution < -0.4 is 10.1 Å². The molecule has 0 bridgehead atoms. The molecule has 1 N–H and O–H groups in total. The van der Waals surface area contributed by atoms with Gasteiger partial charge in [0.05, 0.1) is 13.2 Å². The Balaban J connectivity index is 2.54. The molecule has 2 aromatic rings. The van der Waals surface area contributed by atoms with E-state index in [9.17, 15) is 0 Å². The van der Waals surface area contributed by atoms with Crippen molar-refractivity contribution in [2.75, 3.05) is 14.2 Å². The van der Waals surface area contributed by atoms with E-state index in [1.54, 1.807) is 7.11 Å². The Labute approximate surface area is 136 Å². The summed E-state index contributed by atoms with van der Waals surface area (Å²) in [5.74, 6) is 0.894. The van der Waals surface area contributed by atoms with Crippen molar-refractivity contribution in [3.8, 4) is 5.75 Å². The van der Waals surface area contributed by atoms with Gasteiger partial charge in [-0.2, -0.15) is 0 Å². The molecule has 1 unspecified atom stereocenters. The number of rotatable bonds is 4. The van der Waals surface area contributed by atoms with Gasteiger partial charge < -0.3 is 10.1 Å². The first-order valence-electron chi connectivity index (χ1n) is 6.33. The molecule has 1 atom stereocenters. The van der Waals surface area contributed by atoms with E-state index in [-0.39, 0.29) is 6.04 Å². The molecule has 0 aromatic heterocycles. The number of aryl methyl sites for hydroxylation is 1. The Hall–Kier alpha value is -0.840. The van der Waals surface area contributed by atoms with Crippen LogP contribution in [-0.2, 0) is 0 Å². The summed E-state index contributed by atoms with van der Waals surface area (Å²) in [5, 5.41) is 3.36. The van der Waals surface area contributed by atoms with E-state index in [1.807, 2.05) is 19.2 Å². The second kappa shape index (κ2) is 6.74. The van der Waals surface area contributed by atoms with Gasteiger partial charge >= 0.3 is 0 Å². The van der Waals surface area contributed by atoms with Crippen LogP contribution in [0.4, 0.5) is 0 Å². The summed E-state index contributed by atoms with van der Waals surface area (Å²) in [6.45, 7) is 2.06. The second-order valence-corrected chi connectivity index (χ2v) is 6.39. The van der Waals surface area contributed by atoms with E-state index in [0.29, 0.717) is 0 Å². The zero-order valence-corrected chi connectivity index (χ0v) is 14.9. The molecule has 0 heterocycles. The molecule has 2 aromatic carbocycles. The average Bonchev–Trinajstić information content (AvgIpc) is 2.43. The van der Waals surface area contributed by atoms with Crippen LogP contribution in [0.1, 0.15) is 22.7 Å². The number of ether oxygens (including phenoxy) is 1. The highest BCUT2D eigenvalue weighted by Crippen LogP contribution is 2.34. The van der Waals surface area contributed by atoms with Gasteiger partial charge in [-0.15, -0.1) is 0 Å². The maximum atomic E-state index is 5.54. The Morgan fingerprint density at radius 3 is 2.50 bits per heavy atom. The monoisotopic (exact) mass is 397 g/mol. The molecule has 2 nitrogen and oxygen atoms in total. The molecule has 0 aliphatic carbocycles. The minimum absolute atomic E-state index is 0.0827. The first-order chi connectivity index (χ1) is 9.56. The predicted molar refractivity (Wildman–Crippen MR) is 90.5 cm³/mol. The first-order valence-corrected chi connectivity index (χ1v) is 7.92. The van der Waals surface area contributed by atoms with Crippen LogP contribution in [0.2, 0.25) is 0 Å². The van der Waals surface area contributed by atoms with Crippen molar-refractivity contribution < 1.29 is 4.74 Å². The van der Waals surface area contributed by atoms with E-state index < -0.39 is 0 Å². The Kier molecular flexibility index (Phi) is 5.24. The van der Waals surface area contributed by atoms with Gasteiger partial charge in [0.25, 0.3) is 0 Å². The molecule has 0 amide bonds. The lowest BCUT2D eigenvalue weighted by molar-refractivity contribution is 0.405. The SMILES string of the molecule is CNC(c1cccc(Br)c1)c1cc(Br)c(C)cc1OC. The van der Waals surface area contributed by atoms with Crippen molar-refractivity contribution >= 4 is 31.9 Å². The van der Waals surface area contributed by atoms with Crippen LogP contribution in [0.15, 0.2) is 45.3 Å². The van der Waals surface area contributed by atoms with Gasteiger partial charge in [-0.05, 0) is 49.4 Å². The quantitative estimate of drug-likeness (QED) is 0.795. The van der Waals surface area contributed by atoms with Gasteiger partial charge in [-0.1, -0.05) is 44.0 Å². The predicted octanol–water partition coefficient (Wildman–Crippen LogP) is 4.84. The van der Waals surface area contributed by atoms with Crippen LogP contribution in [-0.4, -0.2) is 14.2 Å². The van der Waals surface area contributed by atoms with Crippen molar-refractivity contribution in [1.29, 1.82) is 0 Å². The third kappa shape index (κ3) is 3.25. The van der Waals surface area contributed by atoms with Crippen LogP contribution in [0.25, 0.3) is 0 Å². The lowest BCUT2D eigenvalue weighted by atomic mass is 9.97. The van der Waals surface area contributed by atoms with E-state index >= 15 is 0 Å². The van der Waals surface area contributed by atoms with Crippen molar-refractivity contribution in [1.82, 2.24) is 5.32 Å². The lowest BCUT2D eigenvalue weighted by Crippen LogP contribution is -2.18. The van der Waals surface area contributed by atoms with Gasteiger partial charge in [0.15, 0.2) is 0 Å². The zero-order valence-electron chi connectivity index (χ0n) is 11.7. The number of nitrogens with one attached hydrogen (secondary N) is 1. The highest BCUT2D eigenvalue weighted by Gasteiger charge is 2.18. The minimum atomic E-state index is 0.0827. The van der Waals surface area contributed by atoms with Crippen LogP contribution in [0.3, 0.4) is 0 Å². The summed E-state index contributed by atoms with van der Waals surface area (Å²) < 4.78 is 7.70. The summed E-state index contributed by atoms with van der Waals surface area (Å²) in [7, 11) is 3.67. The summed E-state index contributed by atoms with van der Waals surface area (Å²) in [6.07, 6.45) is 0. The fourth-order valence-corrected chi connectivity index (χ4v) is 3.04. The van der Waals surface area contributed by atoms with Gasteiger partial charge in [-0.3, -0.25) is 0 Å². The smallest absolute Gasteiger partial charge is 0.124 e. The van der Waals surface area contributed by atoms with E-state index in [0.717, 1.165) is 25.8 Å². The molecule has 0 aliphatic heterocycles. The van der Waals surface area contributed by atoms with Crippen LogP contribution in [0.5, 0.6) is 5.75 Å². The Morgan fingerprint density at radius 1 is 1.15 bits per heavy atom.